The van der Waals surface area contributed by atoms with Gasteiger partial charge in [0, 0.05) is 30.9 Å². The topological polar surface area (TPSA) is 92.3 Å². The van der Waals surface area contributed by atoms with Gasteiger partial charge in [0.2, 0.25) is 10.0 Å². The van der Waals surface area contributed by atoms with Gasteiger partial charge in [0.05, 0.1) is 27.0 Å². The van der Waals surface area contributed by atoms with E-state index in [1.54, 1.807) is 14.2 Å². The van der Waals surface area contributed by atoms with Crippen molar-refractivity contribution in [2.75, 3.05) is 45.4 Å². The summed E-state index contributed by atoms with van der Waals surface area (Å²) < 4.78 is 35.8. The molecule has 1 aromatic rings. The summed E-state index contributed by atoms with van der Waals surface area (Å²) >= 11 is 0. The largest absolute Gasteiger partial charge is 0.493 e. The quantitative estimate of drug-likeness (QED) is 0.331. The summed E-state index contributed by atoms with van der Waals surface area (Å²) in [6.07, 6.45) is 2.95. The first-order valence-corrected chi connectivity index (χ1v) is 10.5. The van der Waals surface area contributed by atoms with Crippen LogP contribution in [-0.2, 0) is 10.0 Å². The Hall–Kier alpha value is -1.27. The normalized spacial score (nSPS) is 17.9. The molecule has 1 fully saturated rings. The molecule has 0 unspecified atom stereocenters. The molecule has 0 aliphatic carbocycles. The van der Waals surface area contributed by atoms with Gasteiger partial charge in [-0.2, -0.15) is 4.31 Å². The number of methoxy groups -OCH3 is 2. The van der Waals surface area contributed by atoms with Crippen LogP contribution in [0.4, 0.5) is 5.69 Å². The molecule has 1 heterocycles. The molecule has 0 amide bonds. The maximum absolute atomic E-state index is 11.9. The van der Waals surface area contributed by atoms with Crippen LogP contribution in [0.2, 0.25) is 0 Å². The van der Waals surface area contributed by atoms with E-state index in [4.69, 9.17) is 9.47 Å². The van der Waals surface area contributed by atoms with Crippen LogP contribution in [0.25, 0.3) is 0 Å². The van der Waals surface area contributed by atoms with Crippen LogP contribution in [0.3, 0.4) is 0 Å². The predicted molar refractivity (Wildman–Crippen MR) is 119 cm³/mol. The van der Waals surface area contributed by atoms with Crippen LogP contribution in [0.1, 0.15) is 19.8 Å². The highest BCUT2D eigenvalue weighted by Gasteiger charge is 2.31. The second kappa shape index (κ2) is 10.9. The van der Waals surface area contributed by atoms with Crippen molar-refractivity contribution in [1.29, 1.82) is 0 Å². The summed E-state index contributed by atoms with van der Waals surface area (Å²) in [6, 6.07) is 5.41. The van der Waals surface area contributed by atoms with Crippen molar-refractivity contribution in [1.82, 2.24) is 9.62 Å². The van der Waals surface area contributed by atoms with Gasteiger partial charge in [0.15, 0.2) is 17.5 Å². The number of ether oxygens (including phenoxy) is 2. The lowest BCUT2D eigenvalue weighted by Crippen LogP contribution is -2.38. The summed E-state index contributed by atoms with van der Waals surface area (Å²) in [5.74, 6) is 1.86. The Balaban J connectivity index is 0.00000364. The number of halogens is 1. The minimum Gasteiger partial charge on any atom is -0.493 e. The number of hydrogen-bond donors (Lipinski definition) is 2. The monoisotopic (exact) mass is 512 g/mol. The number of rotatable bonds is 7. The number of nitrogens with zero attached hydrogens (tertiary/aromatic N) is 2. The van der Waals surface area contributed by atoms with Gasteiger partial charge in [-0.15, -0.1) is 24.0 Å². The number of aliphatic imine (C=N–C) groups is 1. The highest BCUT2D eigenvalue weighted by molar-refractivity contribution is 14.0. The molecule has 0 saturated carbocycles. The first-order chi connectivity index (χ1) is 12.4. The highest BCUT2D eigenvalue weighted by atomic mass is 127. The number of hydrogen-bond acceptors (Lipinski definition) is 5. The standard InChI is InChI=1S/C17H28N4O4S.HI/c1-5-18-17(19-12-14-7-6-10-21(14)26(4,22)23)20-13-8-9-15(24-2)16(11-13)25-3;/h8-9,11,14H,5-7,10,12H2,1-4H3,(H2,18,19,20);1H/t14-;/m1./s1. The van der Waals surface area contributed by atoms with E-state index in [1.165, 1.54) is 10.6 Å². The Morgan fingerprint density at radius 2 is 2.00 bits per heavy atom. The molecule has 1 aromatic carbocycles. The molecule has 1 aliphatic heterocycles. The average Bonchev–Trinajstić information content (AvgIpc) is 3.08. The van der Waals surface area contributed by atoms with E-state index < -0.39 is 10.0 Å². The van der Waals surface area contributed by atoms with Gasteiger partial charge in [0.1, 0.15) is 0 Å². The van der Waals surface area contributed by atoms with E-state index in [0.29, 0.717) is 37.1 Å². The predicted octanol–water partition coefficient (Wildman–Crippen LogP) is 2.12. The summed E-state index contributed by atoms with van der Waals surface area (Å²) in [7, 11) is -0.0216. The Morgan fingerprint density at radius 3 is 2.59 bits per heavy atom. The van der Waals surface area contributed by atoms with E-state index in [2.05, 4.69) is 15.6 Å². The Bertz CT molecular complexity index is 742. The lowest BCUT2D eigenvalue weighted by molar-refractivity contribution is 0.355. The van der Waals surface area contributed by atoms with Crippen molar-refractivity contribution < 1.29 is 17.9 Å². The second-order valence-electron chi connectivity index (χ2n) is 6.08. The second-order valence-corrected chi connectivity index (χ2v) is 8.02. The number of benzene rings is 1. The number of anilines is 1. The molecule has 27 heavy (non-hydrogen) atoms. The Morgan fingerprint density at radius 1 is 1.30 bits per heavy atom. The van der Waals surface area contributed by atoms with E-state index in [1.807, 2.05) is 25.1 Å². The third kappa shape index (κ3) is 6.68. The van der Waals surface area contributed by atoms with Crippen molar-refractivity contribution in [3.05, 3.63) is 18.2 Å². The lowest BCUT2D eigenvalue weighted by Gasteiger charge is -2.21. The van der Waals surface area contributed by atoms with E-state index >= 15 is 0 Å². The van der Waals surface area contributed by atoms with Crippen molar-refractivity contribution in [3.63, 3.8) is 0 Å². The molecule has 0 spiro atoms. The molecule has 1 atom stereocenters. The molecule has 0 radical (unpaired) electrons. The van der Waals surface area contributed by atoms with Gasteiger partial charge in [0.25, 0.3) is 0 Å². The van der Waals surface area contributed by atoms with Gasteiger partial charge in [-0.25, -0.2) is 8.42 Å². The fourth-order valence-electron chi connectivity index (χ4n) is 2.98. The fraction of sp³-hybridized carbons (Fsp3) is 0.588. The average molecular weight is 512 g/mol. The zero-order valence-electron chi connectivity index (χ0n) is 16.2. The molecule has 0 bridgehead atoms. The van der Waals surface area contributed by atoms with Crippen LogP contribution < -0.4 is 20.1 Å². The summed E-state index contributed by atoms with van der Waals surface area (Å²) in [4.78, 5) is 4.57. The van der Waals surface area contributed by atoms with Gasteiger partial charge in [-0.05, 0) is 31.9 Å². The van der Waals surface area contributed by atoms with Crippen LogP contribution in [0.15, 0.2) is 23.2 Å². The molecule has 1 saturated heterocycles. The maximum Gasteiger partial charge on any atom is 0.211 e. The molecule has 1 aliphatic rings. The van der Waals surface area contributed by atoms with Crippen LogP contribution in [0, 0.1) is 0 Å². The van der Waals surface area contributed by atoms with Gasteiger partial charge < -0.3 is 20.1 Å². The van der Waals surface area contributed by atoms with Crippen molar-refractivity contribution in [2.24, 2.45) is 4.99 Å². The lowest BCUT2D eigenvalue weighted by atomic mass is 10.2. The van der Waals surface area contributed by atoms with E-state index in [0.717, 1.165) is 18.5 Å². The van der Waals surface area contributed by atoms with Crippen LogP contribution >= 0.6 is 24.0 Å². The summed E-state index contributed by atoms with van der Waals surface area (Å²) in [5.41, 5.74) is 0.800. The fourth-order valence-corrected chi connectivity index (χ4v) is 4.16. The molecular weight excluding hydrogens is 483 g/mol. The Labute approximate surface area is 178 Å². The molecule has 2 rings (SSSR count). The zero-order chi connectivity index (χ0) is 19.2. The molecule has 10 heteroatoms. The third-order valence-electron chi connectivity index (χ3n) is 4.20. The van der Waals surface area contributed by atoms with Crippen LogP contribution in [0.5, 0.6) is 11.5 Å². The van der Waals surface area contributed by atoms with Gasteiger partial charge in [-0.3, -0.25) is 4.99 Å². The molecule has 8 nitrogen and oxygen atoms in total. The number of nitrogens with one attached hydrogen (secondary N) is 2. The first kappa shape index (κ1) is 23.8. The van der Waals surface area contributed by atoms with Crippen molar-refractivity contribution in [2.45, 2.75) is 25.8 Å². The SMILES string of the molecule is CCNC(=NC[C@H]1CCCN1S(C)(=O)=O)Nc1ccc(OC)c(OC)c1.I. The summed E-state index contributed by atoms with van der Waals surface area (Å²) in [5, 5.41) is 6.39. The van der Waals surface area contributed by atoms with Gasteiger partial charge >= 0.3 is 0 Å². The van der Waals surface area contributed by atoms with E-state index in [-0.39, 0.29) is 30.0 Å². The summed E-state index contributed by atoms with van der Waals surface area (Å²) in [6.45, 7) is 3.65. The molecule has 154 valence electrons. The third-order valence-corrected chi connectivity index (χ3v) is 5.53. The molecule has 0 aromatic heterocycles. The van der Waals surface area contributed by atoms with Gasteiger partial charge in [-0.1, -0.05) is 0 Å². The number of sulfonamides is 1. The zero-order valence-corrected chi connectivity index (χ0v) is 19.3. The van der Waals surface area contributed by atoms with Crippen molar-refractivity contribution in [3.8, 4) is 11.5 Å². The maximum atomic E-state index is 11.9. The smallest absolute Gasteiger partial charge is 0.211 e. The number of guanidine groups is 1. The van der Waals surface area contributed by atoms with Crippen molar-refractivity contribution >= 4 is 45.6 Å². The first-order valence-electron chi connectivity index (χ1n) is 8.63. The minimum absolute atomic E-state index is 0. The minimum atomic E-state index is -3.19. The highest BCUT2D eigenvalue weighted by Crippen LogP contribution is 2.29. The molecular formula is C17H29IN4O4S. The van der Waals surface area contributed by atoms with Crippen LogP contribution in [-0.4, -0.2) is 64.8 Å². The molecule has 2 N–H and O–H groups in total. The van der Waals surface area contributed by atoms with E-state index in [9.17, 15) is 8.42 Å². The Kier molecular flexibility index (Phi) is 9.60.